The molecule has 0 aliphatic carbocycles. The van der Waals surface area contributed by atoms with Gasteiger partial charge in [0.15, 0.2) is 0 Å². The van der Waals surface area contributed by atoms with Crippen molar-refractivity contribution in [3.05, 3.63) is 34.3 Å². The molecule has 1 aromatic rings. The highest BCUT2D eigenvalue weighted by Crippen LogP contribution is 2.14. The van der Waals surface area contributed by atoms with E-state index in [1.54, 1.807) is 0 Å². The highest BCUT2D eigenvalue weighted by Gasteiger charge is 1.96. The van der Waals surface area contributed by atoms with Crippen LogP contribution in [0.3, 0.4) is 0 Å². The van der Waals surface area contributed by atoms with Gasteiger partial charge in [-0.1, -0.05) is 28.1 Å². The second-order valence-corrected chi connectivity index (χ2v) is 3.26. The molecule has 0 saturated heterocycles. The molecule has 0 aliphatic rings. The first-order valence-electron chi connectivity index (χ1n) is 3.21. The third-order valence-corrected chi connectivity index (χ3v) is 1.92. The van der Waals surface area contributed by atoms with Crippen LogP contribution in [0.4, 0.5) is 0 Å². The van der Waals surface area contributed by atoms with Crippen LogP contribution in [0.2, 0.25) is 0 Å². The topological polar surface area (TPSA) is 26.0 Å². The molecule has 0 spiro atoms. The molecule has 0 amide bonds. The molecule has 2 N–H and O–H groups in total. The highest BCUT2D eigenvalue weighted by atomic mass is 79.9. The van der Waals surface area contributed by atoms with Gasteiger partial charge in [-0.15, -0.1) is 12.4 Å². The summed E-state index contributed by atoms with van der Waals surface area (Å²) in [6, 6.07) is 8.18. The van der Waals surface area contributed by atoms with Gasteiger partial charge in [0.25, 0.3) is 0 Å². The predicted molar refractivity (Wildman–Crippen MR) is 54.0 cm³/mol. The molecular formula is C8H11BrClN. The zero-order valence-electron chi connectivity index (χ0n) is 6.25. The number of rotatable bonds is 1. The van der Waals surface area contributed by atoms with Crippen LogP contribution in [0, 0.1) is 0 Å². The number of halogens is 2. The minimum atomic E-state index is 0. The second-order valence-electron chi connectivity index (χ2n) is 2.34. The molecule has 11 heavy (non-hydrogen) atoms. The summed E-state index contributed by atoms with van der Waals surface area (Å²) in [5, 5.41) is 0. The summed E-state index contributed by atoms with van der Waals surface area (Å²) >= 11 is 3.35. The van der Waals surface area contributed by atoms with Crippen molar-refractivity contribution in [2.75, 3.05) is 0 Å². The molecule has 0 heterocycles. The van der Waals surface area contributed by atoms with Crippen molar-refractivity contribution in [1.29, 1.82) is 0 Å². The van der Waals surface area contributed by atoms with Crippen LogP contribution in [0.1, 0.15) is 18.5 Å². The number of nitrogens with two attached hydrogens (primary N) is 1. The Balaban J connectivity index is 0.000001000. The maximum Gasteiger partial charge on any atom is 0.0266 e. The van der Waals surface area contributed by atoms with E-state index in [1.807, 2.05) is 31.2 Å². The molecule has 0 saturated carbocycles. The summed E-state index contributed by atoms with van der Waals surface area (Å²) in [5.74, 6) is 0. The summed E-state index contributed by atoms with van der Waals surface area (Å²) in [6.45, 7) is 1.98. The van der Waals surface area contributed by atoms with E-state index in [1.165, 1.54) is 5.56 Å². The molecule has 1 rings (SSSR count). The van der Waals surface area contributed by atoms with Crippen LogP contribution in [0.25, 0.3) is 0 Å². The number of hydrogen-bond donors (Lipinski definition) is 1. The van der Waals surface area contributed by atoms with Crippen LogP contribution >= 0.6 is 28.3 Å². The van der Waals surface area contributed by atoms with Crippen molar-refractivity contribution in [1.82, 2.24) is 0 Å². The Morgan fingerprint density at radius 1 is 1.27 bits per heavy atom. The van der Waals surface area contributed by atoms with Crippen molar-refractivity contribution in [3.63, 3.8) is 0 Å². The summed E-state index contributed by atoms with van der Waals surface area (Å²) in [6.07, 6.45) is 0. The fraction of sp³-hybridized carbons (Fsp3) is 0.250. The standard InChI is InChI=1S/C8H10BrN.ClH/c1-6(10)7-2-4-8(9)5-3-7;/h2-6H,10H2,1H3;1H/t6-;/m1./s1. The summed E-state index contributed by atoms with van der Waals surface area (Å²) in [4.78, 5) is 0. The molecule has 1 aromatic carbocycles. The Kier molecular flexibility index (Phi) is 4.73. The van der Waals surface area contributed by atoms with Crippen molar-refractivity contribution in [2.24, 2.45) is 5.73 Å². The van der Waals surface area contributed by atoms with Crippen molar-refractivity contribution >= 4 is 28.3 Å². The van der Waals surface area contributed by atoms with Crippen molar-refractivity contribution in [3.8, 4) is 0 Å². The third-order valence-electron chi connectivity index (χ3n) is 1.40. The molecule has 0 aliphatic heterocycles. The summed E-state index contributed by atoms with van der Waals surface area (Å²) in [5.41, 5.74) is 6.82. The molecule has 62 valence electrons. The minimum absolute atomic E-state index is 0. The quantitative estimate of drug-likeness (QED) is 0.797. The van der Waals surface area contributed by atoms with Gasteiger partial charge in [-0.05, 0) is 24.6 Å². The Bertz CT molecular complexity index is 208. The lowest BCUT2D eigenvalue weighted by molar-refractivity contribution is 0.818. The van der Waals surface area contributed by atoms with Crippen LogP contribution < -0.4 is 5.73 Å². The van der Waals surface area contributed by atoms with E-state index in [4.69, 9.17) is 5.73 Å². The van der Waals surface area contributed by atoms with E-state index in [2.05, 4.69) is 15.9 Å². The van der Waals surface area contributed by atoms with Crippen LogP contribution in [-0.2, 0) is 0 Å². The molecule has 0 unspecified atom stereocenters. The van der Waals surface area contributed by atoms with E-state index in [0.717, 1.165) is 4.47 Å². The summed E-state index contributed by atoms with van der Waals surface area (Å²) in [7, 11) is 0. The smallest absolute Gasteiger partial charge is 0.0266 e. The lowest BCUT2D eigenvalue weighted by atomic mass is 10.1. The van der Waals surface area contributed by atoms with Crippen molar-refractivity contribution in [2.45, 2.75) is 13.0 Å². The first-order chi connectivity index (χ1) is 4.70. The van der Waals surface area contributed by atoms with Gasteiger partial charge >= 0.3 is 0 Å². The van der Waals surface area contributed by atoms with Gasteiger partial charge in [0.1, 0.15) is 0 Å². The number of benzene rings is 1. The van der Waals surface area contributed by atoms with Crippen molar-refractivity contribution < 1.29 is 0 Å². The second kappa shape index (κ2) is 4.75. The van der Waals surface area contributed by atoms with Crippen LogP contribution in [0.15, 0.2) is 28.7 Å². The van der Waals surface area contributed by atoms with Gasteiger partial charge in [-0.25, -0.2) is 0 Å². The van der Waals surface area contributed by atoms with Crippen LogP contribution in [0.5, 0.6) is 0 Å². The number of hydrogen-bond acceptors (Lipinski definition) is 1. The molecular weight excluding hydrogens is 225 g/mol. The predicted octanol–water partition coefficient (Wildman–Crippen LogP) is 2.89. The van der Waals surface area contributed by atoms with E-state index in [0.29, 0.717) is 0 Å². The maximum absolute atomic E-state index is 5.65. The van der Waals surface area contributed by atoms with Gasteiger partial charge < -0.3 is 5.73 Å². The average Bonchev–Trinajstić information content (AvgIpc) is 1.88. The molecule has 3 heteroatoms. The largest absolute Gasteiger partial charge is 0.324 e. The van der Waals surface area contributed by atoms with E-state index < -0.39 is 0 Å². The van der Waals surface area contributed by atoms with Gasteiger partial charge in [-0.2, -0.15) is 0 Å². The zero-order valence-corrected chi connectivity index (χ0v) is 8.65. The van der Waals surface area contributed by atoms with Gasteiger partial charge in [-0.3, -0.25) is 0 Å². The molecule has 0 fully saturated rings. The fourth-order valence-corrected chi connectivity index (χ4v) is 1.03. The van der Waals surface area contributed by atoms with Gasteiger partial charge in [0.05, 0.1) is 0 Å². The Labute approximate surface area is 81.5 Å². The first-order valence-corrected chi connectivity index (χ1v) is 4.00. The molecule has 0 radical (unpaired) electrons. The Morgan fingerprint density at radius 2 is 1.73 bits per heavy atom. The van der Waals surface area contributed by atoms with Gasteiger partial charge in [0.2, 0.25) is 0 Å². The fourth-order valence-electron chi connectivity index (χ4n) is 0.766. The Hall–Kier alpha value is -0.0500. The molecule has 1 atom stereocenters. The normalized spacial score (nSPS) is 11.9. The monoisotopic (exact) mass is 235 g/mol. The third kappa shape index (κ3) is 3.23. The highest BCUT2D eigenvalue weighted by molar-refractivity contribution is 9.10. The molecule has 0 aromatic heterocycles. The van der Waals surface area contributed by atoms with E-state index >= 15 is 0 Å². The zero-order chi connectivity index (χ0) is 7.56. The van der Waals surface area contributed by atoms with E-state index in [-0.39, 0.29) is 18.4 Å². The molecule has 1 nitrogen and oxygen atoms in total. The SMILES string of the molecule is C[C@@H](N)c1ccc(Br)cc1.Cl. The van der Waals surface area contributed by atoms with E-state index in [9.17, 15) is 0 Å². The lowest BCUT2D eigenvalue weighted by Gasteiger charge is -2.03. The minimum Gasteiger partial charge on any atom is -0.324 e. The lowest BCUT2D eigenvalue weighted by Crippen LogP contribution is -2.03. The first kappa shape index (κ1) is 11.0. The Morgan fingerprint density at radius 3 is 2.09 bits per heavy atom. The van der Waals surface area contributed by atoms with Gasteiger partial charge in [0, 0.05) is 10.5 Å². The summed E-state index contributed by atoms with van der Waals surface area (Å²) < 4.78 is 1.09. The van der Waals surface area contributed by atoms with Crippen LogP contribution in [-0.4, -0.2) is 0 Å². The average molecular weight is 237 g/mol. The molecule has 0 bridgehead atoms. The maximum atomic E-state index is 5.65.